The zero-order chi connectivity index (χ0) is 20.7. The summed E-state index contributed by atoms with van der Waals surface area (Å²) >= 11 is 0. The Kier molecular flexibility index (Phi) is 3.63. The number of nitrogens with zero attached hydrogens (tertiary/aromatic N) is 11. The molecule has 0 unspecified atom stereocenters. The maximum atomic E-state index is 9.31. The summed E-state index contributed by atoms with van der Waals surface area (Å²) in [6.07, 6.45) is 0. The molecule has 130 valence electrons. The van der Waals surface area contributed by atoms with Gasteiger partial charge in [0.25, 0.3) is 11.6 Å². The van der Waals surface area contributed by atoms with Crippen molar-refractivity contribution in [3.05, 3.63) is 45.6 Å². The minimum absolute atomic E-state index is 0.0407. The number of fused-ring (bicyclic) bond motifs is 6. The van der Waals surface area contributed by atoms with Gasteiger partial charge in [0, 0.05) is 0 Å². The molecular formula is C18H3N11. The van der Waals surface area contributed by atoms with E-state index in [1.807, 2.05) is 6.07 Å². The van der Waals surface area contributed by atoms with E-state index in [9.17, 15) is 15.8 Å². The maximum absolute atomic E-state index is 9.31. The maximum Gasteiger partial charge on any atom is 0.294 e. The number of nitriles is 3. The van der Waals surface area contributed by atoms with Crippen molar-refractivity contribution in [3.8, 4) is 18.2 Å². The minimum atomic E-state index is -0.240. The Morgan fingerprint density at radius 1 is 0.586 bits per heavy atom. The number of rotatable bonds is 0. The smallest absolute Gasteiger partial charge is 0.294 e. The first kappa shape index (κ1) is 17.1. The molecule has 3 aromatic heterocycles. The van der Waals surface area contributed by atoms with Crippen molar-refractivity contribution in [2.24, 2.45) is 0 Å². The molecule has 0 N–H and O–H groups in total. The van der Waals surface area contributed by atoms with Crippen LogP contribution in [0.15, 0.2) is 0 Å². The van der Waals surface area contributed by atoms with Gasteiger partial charge in [-0.05, 0) is 6.92 Å². The summed E-state index contributed by atoms with van der Waals surface area (Å²) in [5, 5.41) is 27.9. The molecule has 0 aliphatic carbocycles. The van der Waals surface area contributed by atoms with Gasteiger partial charge < -0.3 is 9.69 Å². The lowest BCUT2D eigenvalue weighted by molar-refractivity contribution is 1.14. The second-order valence-electron chi connectivity index (χ2n) is 5.60. The molecule has 0 saturated heterocycles. The van der Waals surface area contributed by atoms with Gasteiger partial charge in [-0.1, -0.05) is 13.1 Å². The monoisotopic (exact) mass is 373 g/mol. The molecule has 0 atom stereocenters. The van der Waals surface area contributed by atoms with E-state index in [0.717, 1.165) is 0 Å². The van der Waals surface area contributed by atoms with Gasteiger partial charge in [-0.3, -0.25) is 0 Å². The molecule has 11 heteroatoms. The van der Waals surface area contributed by atoms with Crippen LogP contribution in [-0.2, 0) is 0 Å². The number of aryl methyl sites for hydroxylation is 1. The van der Waals surface area contributed by atoms with Gasteiger partial charge in [0.05, 0.1) is 5.69 Å². The van der Waals surface area contributed by atoms with Gasteiger partial charge in [0.2, 0.25) is 11.0 Å². The lowest BCUT2D eigenvalue weighted by Gasteiger charge is -2.06. The Bertz CT molecular complexity index is 1570. The fourth-order valence-corrected chi connectivity index (χ4v) is 2.77. The van der Waals surface area contributed by atoms with Gasteiger partial charge in [-0.2, -0.15) is 15.8 Å². The van der Waals surface area contributed by atoms with Gasteiger partial charge in [0.15, 0.2) is 17.1 Å². The minimum Gasteiger partial charge on any atom is -0.370 e. The van der Waals surface area contributed by atoms with E-state index in [0.29, 0.717) is 5.69 Å². The first-order valence-corrected chi connectivity index (χ1v) is 7.75. The second-order valence-corrected chi connectivity index (χ2v) is 5.60. The molecule has 0 spiro atoms. The summed E-state index contributed by atoms with van der Waals surface area (Å²) in [5.41, 5.74) is 0.616. The highest BCUT2D eigenvalue weighted by molar-refractivity contribution is 6.18. The first-order valence-electron chi connectivity index (χ1n) is 7.75. The Morgan fingerprint density at radius 3 is 1.31 bits per heavy atom. The summed E-state index contributed by atoms with van der Waals surface area (Å²) in [6.45, 7) is 16.1. The van der Waals surface area contributed by atoms with Crippen molar-refractivity contribution in [1.29, 1.82) is 15.8 Å². The molecule has 0 amide bonds. The molecule has 29 heavy (non-hydrogen) atoms. The molecule has 11 nitrogen and oxygen atoms in total. The molecule has 0 radical (unpaired) electrons. The second kappa shape index (κ2) is 6.14. The van der Waals surface area contributed by atoms with Crippen LogP contribution in [0.1, 0.15) is 22.8 Å². The van der Waals surface area contributed by atoms with E-state index < -0.39 is 0 Å². The van der Waals surface area contributed by atoms with E-state index in [2.05, 4.69) is 39.6 Å². The molecule has 3 heterocycles. The van der Waals surface area contributed by atoms with Crippen LogP contribution in [0.3, 0.4) is 0 Å². The molecule has 0 bridgehead atoms. The fourth-order valence-electron chi connectivity index (χ4n) is 2.77. The average molecular weight is 373 g/mol. The van der Waals surface area contributed by atoms with Crippen molar-refractivity contribution < 1.29 is 0 Å². The van der Waals surface area contributed by atoms with Crippen LogP contribution < -0.4 is 0 Å². The van der Waals surface area contributed by atoms with Crippen LogP contribution in [0.2, 0.25) is 0 Å². The van der Waals surface area contributed by atoms with Gasteiger partial charge in [-0.15, -0.1) is 9.97 Å². The van der Waals surface area contributed by atoms with Crippen LogP contribution in [0, 0.1) is 54.1 Å². The molecule has 0 aliphatic rings. The lowest BCUT2D eigenvalue weighted by Crippen LogP contribution is -2.03. The number of hydrogen-bond donors (Lipinski definition) is 0. The topological polar surface area (TPSA) is 157 Å². The zero-order valence-electron chi connectivity index (χ0n) is 14.4. The summed E-state index contributed by atoms with van der Waals surface area (Å²) in [4.78, 5) is 31.8. The summed E-state index contributed by atoms with van der Waals surface area (Å²) < 4.78 is 0. The molecule has 4 rings (SSSR count). The van der Waals surface area contributed by atoms with Crippen LogP contribution in [0.5, 0.6) is 0 Å². The Balaban J connectivity index is 2.41. The van der Waals surface area contributed by atoms with Crippen LogP contribution in [0.4, 0.5) is 11.6 Å². The van der Waals surface area contributed by atoms with Crippen molar-refractivity contribution in [3.63, 3.8) is 0 Å². The highest BCUT2D eigenvalue weighted by Gasteiger charge is 2.25. The van der Waals surface area contributed by atoms with Crippen molar-refractivity contribution in [2.75, 3.05) is 0 Å². The third-order valence-electron chi connectivity index (χ3n) is 4.03. The van der Waals surface area contributed by atoms with E-state index in [1.165, 1.54) is 0 Å². The molecule has 0 saturated carbocycles. The predicted octanol–water partition coefficient (Wildman–Crippen LogP) is 2.54. The standard InChI is InChI=1S/C18H3N11/c1-7-8(4-19)25-12-11(24-7)15-16(29-18(23-3)17(22-2)28-15)14-13(12)26-9(5-20)10(6-21)27-14/h1H3. The van der Waals surface area contributed by atoms with E-state index in [-0.39, 0.29) is 61.8 Å². The largest absolute Gasteiger partial charge is 0.370 e. The molecule has 0 fully saturated rings. The Labute approximate surface area is 161 Å². The highest BCUT2D eigenvalue weighted by atomic mass is 15.0. The van der Waals surface area contributed by atoms with Crippen molar-refractivity contribution >= 4 is 44.7 Å². The average Bonchev–Trinajstić information content (AvgIpc) is 2.76. The molecule has 0 aliphatic heterocycles. The number of benzene rings is 1. The summed E-state index contributed by atoms with van der Waals surface area (Å²) in [6, 6.07) is 5.52. The SMILES string of the molecule is [C-]#[N+]c1nc2c3nc(C)c(C#N)nc3c3nc(C#N)c(C#N)nc3c2nc1[N+]#[C-]. The normalized spacial score (nSPS) is 10.1. The summed E-state index contributed by atoms with van der Waals surface area (Å²) in [5.74, 6) is -0.463. The quantitative estimate of drug-likeness (QED) is 0.333. The Morgan fingerprint density at radius 2 is 0.931 bits per heavy atom. The van der Waals surface area contributed by atoms with Gasteiger partial charge in [0.1, 0.15) is 40.3 Å². The van der Waals surface area contributed by atoms with Crippen LogP contribution in [-0.4, -0.2) is 29.9 Å². The predicted molar refractivity (Wildman–Crippen MR) is 97.1 cm³/mol. The number of hydrogen-bond acceptors (Lipinski definition) is 9. The first-order chi connectivity index (χ1) is 14.1. The molecule has 4 aromatic rings. The zero-order valence-corrected chi connectivity index (χ0v) is 14.4. The van der Waals surface area contributed by atoms with Crippen LogP contribution >= 0.6 is 0 Å². The van der Waals surface area contributed by atoms with E-state index >= 15 is 0 Å². The van der Waals surface area contributed by atoms with Gasteiger partial charge in [-0.25, -0.2) is 19.9 Å². The van der Waals surface area contributed by atoms with Gasteiger partial charge >= 0.3 is 0 Å². The van der Waals surface area contributed by atoms with E-state index in [1.54, 1.807) is 19.1 Å². The number of aromatic nitrogens is 6. The Hall–Kier alpha value is -5.31. The lowest BCUT2D eigenvalue weighted by atomic mass is 10.1. The van der Waals surface area contributed by atoms with Crippen molar-refractivity contribution in [2.45, 2.75) is 6.92 Å². The highest BCUT2D eigenvalue weighted by Crippen LogP contribution is 2.34. The van der Waals surface area contributed by atoms with Crippen LogP contribution in [0.25, 0.3) is 42.8 Å². The third-order valence-corrected chi connectivity index (χ3v) is 4.03. The van der Waals surface area contributed by atoms with Crippen molar-refractivity contribution in [1.82, 2.24) is 29.9 Å². The third kappa shape index (κ3) is 2.32. The fraction of sp³-hybridized carbons (Fsp3) is 0.0556. The summed E-state index contributed by atoms with van der Waals surface area (Å²) in [7, 11) is 0. The van der Waals surface area contributed by atoms with E-state index in [4.69, 9.17) is 13.1 Å². The molecule has 1 aromatic carbocycles. The molecular weight excluding hydrogens is 370 g/mol.